The zero-order chi connectivity index (χ0) is 26.7. The van der Waals surface area contributed by atoms with Crippen molar-refractivity contribution in [3.8, 4) is 6.07 Å². The summed E-state index contributed by atoms with van der Waals surface area (Å²) in [5.41, 5.74) is 1.48. The molecule has 4 rings (SSSR count). The largest absolute Gasteiger partial charge is 0.381 e. The molecule has 0 bridgehead atoms. The minimum Gasteiger partial charge on any atom is -0.381 e. The molecule has 0 spiro atoms. The van der Waals surface area contributed by atoms with E-state index in [-0.39, 0.29) is 20.9 Å². The summed E-state index contributed by atoms with van der Waals surface area (Å²) < 4.78 is 59.9. The van der Waals surface area contributed by atoms with Gasteiger partial charge >= 0.3 is 0 Å². The number of ether oxygens (including phenoxy) is 1. The van der Waals surface area contributed by atoms with Gasteiger partial charge in [-0.3, -0.25) is 4.55 Å². The molecule has 2 aromatic heterocycles. The van der Waals surface area contributed by atoms with Crippen LogP contribution in [-0.4, -0.2) is 55.4 Å². The molecule has 3 aromatic rings. The Morgan fingerprint density at radius 2 is 1.72 bits per heavy atom. The molecule has 1 fully saturated rings. The molecule has 0 unspecified atom stereocenters. The first-order valence-corrected chi connectivity index (χ1v) is 14.7. The Morgan fingerprint density at radius 1 is 1.11 bits per heavy atom. The number of rotatable bonds is 4. The molecule has 1 aliphatic heterocycles. The first-order chi connectivity index (χ1) is 16.7. The van der Waals surface area contributed by atoms with Gasteiger partial charge in [0.25, 0.3) is 10.1 Å². The van der Waals surface area contributed by atoms with Crippen LogP contribution in [-0.2, 0) is 36.7 Å². The third kappa shape index (κ3) is 6.88. The summed E-state index contributed by atoms with van der Waals surface area (Å²) in [6.45, 7) is 8.75. The van der Waals surface area contributed by atoms with Gasteiger partial charge in [0.05, 0.1) is 27.1 Å². The highest BCUT2D eigenvalue weighted by Crippen LogP contribution is 2.31. The molecule has 36 heavy (non-hydrogen) atoms. The summed E-state index contributed by atoms with van der Waals surface area (Å²) in [6.07, 6.45) is 4.08. The smallest absolute Gasteiger partial charge is 0.261 e. The van der Waals surface area contributed by atoms with Gasteiger partial charge < -0.3 is 9.30 Å². The zero-order valence-electron chi connectivity index (χ0n) is 20.7. The number of fused-ring (bicyclic) bond motifs is 1. The first-order valence-electron chi connectivity index (χ1n) is 11.3. The Bertz CT molecular complexity index is 1490. The molecule has 1 saturated heterocycles. The van der Waals surface area contributed by atoms with Crippen molar-refractivity contribution in [2.45, 2.75) is 55.4 Å². The van der Waals surface area contributed by atoms with E-state index in [1.54, 1.807) is 12.1 Å². The van der Waals surface area contributed by atoms with Crippen molar-refractivity contribution in [2.24, 2.45) is 5.92 Å². The van der Waals surface area contributed by atoms with E-state index in [1.807, 2.05) is 12.1 Å². The fourth-order valence-corrected chi connectivity index (χ4v) is 5.29. The maximum atomic E-state index is 13.2. The van der Waals surface area contributed by atoms with Gasteiger partial charge in [-0.2, -0.15) is 13.7 Å². The molecular weight excluding hydrogens is 504 g/mol. The molecular formula is C24H30N4O6S2. The number of benzene rings is 1. The van der Waals surface area contributed by atoms with E-state index < -0.39 is 20.0 Å². The number of nitriles is 1. The van der Waals surface area contributed by atoms with Gasteiger partial charge in [0.15, 0.2) is 0 Å². The van der Waals surface area contributed by atoms with E-state index in [4.69, 9.17) is 19.5 Å². The highest BCUT2D eigenvalue weighted by Gasteiger charge is 2.27. The average molecular weight is 535 g/mol. The van der Waals surface area contributed by atoms with Crippen LogP contribution in [0.5, 0.6) is 0 Å². The SMILES string of the molecule is CC(C)(C)c1nc2cc(S(=O)(=O)c3ccnc(C#N)c3)ccc2n1CC1CCOCC1.CS(=O)(=O)O. The number of imidazole rings is 1. The van der Waals surface area contributed by atoms with Crippen molar-refractivity contribution in [2.75, 3.05) is 19.5 Å². The van der Waals surface area contributed by atoms with Crippen LogP contribution in [0.25, 0.3) is 11.0 Å². The first kappa shape index (κ1) is 27.7. The van der Waals surface area contributed by atoms with E-state index in [0.29, 0.717) is 17.7 Å². The Morgan fingerprint density at radius 3 is 2.31 bits per heavy atom. The van der Waals surface area contributed by atoms with E-state index >= 15 is 0 Å². The molecule has 0 aliphatic carbocycles. The Kier molecular flexibility index (Phi) is 8.20. The van der Waals surface area contributed by atoms with Crippen LogP contribution in [0, 0.1) is 17.2 Å². The van der Waals surface area contributed by atoms with Crippen LogP contribution in [0.15, 0.2) is 46.3 Å². The lowest BCUT2D eigenvalue weighted by Crippen LogP contribution is -2.25. The number of sulfone groups is 1. The highest BCUT2D eigenvalue weighted by molar-refractivity contribution is 7.91. The monoisotopic (exact) mass is 534 g/mol. The minimum absolute atomic E-state index is 0.0519. The standard InChI is InChI=1S/C23H26N4O3S.CH4O3S/c1-23(2,3)22-26-20-13-18(31(28,29)19-6-9-25-17(12-19)14-24)4-5-21(20)27(22)15-16-7-10-30-11-8-16;1-5(2,3)4/h4-6,9,12-13,16H,7-8,10-11,15H2,1-3H3;1H3,(H,2,3,4). The average Bonchev–Trinajstić information content (AvgIpc) is 3.17. The van der Waals surface area contributed by atoms with Gasteiger partial charge in [0, 0.05) is 31.4 Å². The van der Waals surface area contributed by atoms with E-state index in [1.165, 1.54) is 18.3 Å². The summed E-state index contributed by atoms with van der Waals surface area (Å²) in [5.74, 6) is 1.45. The molecule has 0 atom stereocenters. The van der Waals surface area contributed by atoms with Crippen molar-refractivity contribution < 1.29 is 26.1 Å². The Balaban J connectivity index is 0.000000658. The lowest BCUT2D eigenvalue weighted by Gasteiger charge is -2.26. The second kappa shape index (κ2) is 10.6. The summed E-state index contributed by atoms with van der Waals surface area (Å²) in [7, 11) is -7.45. The van der Waals surface area contributed by atoms with Crippen molar-refractivity contribution in [1.82, 2.24) is 14.5 Å². The van der Waals surface area contributed by atoms with Crippen LogP contribution in [0.1, 0.15) is 45.1 Å². The topological polar surface area (TPSA) is 152 Å². The molecule has 1 aliphatic rings. The van der Waals surface area contributed by atoms with Crippen molar-refractivity contribution in [3.63, 3.8) is 0 Å². The maximum absolute atomic E-state index is 13.2. The Labute approximate surface area is 211 Å². The predicted molar refractivity (Wildman–Crippen MR) is 134 cm³/mol. The van der Waals surface area contributed by atoms with Gasteiger partial charge in [-0.25, -0.2) is 18.4 Å². The molecule has 3 heterocycles. The molecule has 0 saturated carbocycles. The van der Waals surface area contributed by atoms with Gasteiger partial charge in [-0.1, -0.05) is 20.8 Å². The fourth-order valence-electron chi connectivity index (χ4n) is 4.00. The lowest BCUT2D eigenvalue weighted by molar-refractivity contribution is 0.0611. The van der Waals surface area contributed by atoms with E-state index in [0.717, 1.165) is 43.9 Å². The molecule has 0 radical (unpaired) electrons. The van der Waals surface area contributed by atoms with Crippen molar-refractivity contribution in [1.29, 1.82) is 5.26 Å². The van der Waals surface area contributed by atoms with Gasteiger partial charge in [-0.15, -0.1) is 0 Å². The molecule has 194 valence electrons. The summed E-state index contributed by atoms with van der Waals surface area (Å²) in [4.78, 5) is 8.93. The van der Waals surface area contributed by atoms with Crippen LogP contribution >= 0.6 is 0 Å². The molecule has 12 heteroatoms. The maximum Gasteiger partial charge on any atom is 0.261 e. The molecule has 10 nitrogen and oxygen atoms in total. The number of pyridine rings is 1. The third-order valence-corrected chi connectivity index (χ3v) is 7.39. The van der Waals surface area contributed by atoms with Crippen LogP contribution < -0.4 is 0 Å². The normalized spacial score (nSPS) is 15.2. The summed E-state index contributed by atoms with van der Waals surface area (Å²) >= 11 is 0. The van der Waals surface area contributed by atoms with Crippen LogP contribution in [0.4, 0.5) is 0 Å². The summed E-state index contributed by atoms with van der Waals surface area (Å²) in [5, 5.41) is 9.06. The zero-order valence-corrected chi connectivity index (χ0v) is 22.3. The molecule has 1 aromatic carbocycles. The quantitative estimate of drug-likeness (QED) is 0.496. The second-order valence-electron chi connectivity index (χ2n) is 9.73. The Hall–Kier alpha value is -2.85. The fraction of sp³-hybridized carbons (Fsp3) is 0.458. The van der Waals surface area contributed by atoms with Crippen LogP contribution in [0.3, 0.4) is 0 Å². The number of hydrogen-bond acceptors (Lipinski definition) is 8. The molecule has 0 amide bonds. The van der Waals surface area contributed by atoms with Crippen molar-refractivity contribution in [3.05, 3.63) is 48.0 Å². The summed E-state index contributed by atoms with van der Waals surface area (Å²) in [6, 6.07) is 9.69. The van der Waals surface area contributed by atoms with Gasteiger partial charge in [-0.05, 0) is 49.1 Å². The second-order valence-corrected chi connectivity index (χ2v) is 13.1. The van der Waals surface area contributed by atoms with Crippen LogP contribution in [0.2, 0.25) is 0 Å². The lowest BCUT2D eigenvalue weighted by atomic mass is 9.94. The third-order valence-electron chi connectivity index (χ3n) is 5.64. The van der Waals surface area contributed by atoms with E-state index in [2.05, 4.69) is 30.3 Å². The van der Waals surface area contributed by atoms with Gasteiger partial charge in [0.2, 0.25) is 9.84 Å². The minimum atomic E-state index is -3.79. The number of hydrogen-bond donors (Lipinski definition) is 1. The highest BCUT2D eigenvalue weighted by atomic mass is 32.2. The number of nitrogens with zero attached hydrogens (tertiary/aromatic N) is 4. The number of aromatic nitrogens is 3. The molecule has 1 N–H and O–H groups in total. The van der Waals surface area contributed by atoms with Gasteiger partial charge in [0.1, 0.15) is 17.6 Å². The van der Waals surface area contributed by atoms with E-state index in [9.17, 15) is 16.8 Å². The van der Waals surface area contributed by atoms with Crippen molar-refractivity contribution >= 4 is 31.0 Å². The predicted octanol–water partition coefficient (Wildman–Crippen LogP) is 3.36.